The first-order valence-corrected chi connectivity index (χ1v) is 13.2. The maximum Gasteiger partial charge on any atom is 0.412 e. The monoisotopic (exact) mass is 564 g/mol. The molecule has 218 valence electrons. The molecule has 1 fully saturated rings. The van der Waals surface area contributed by atoms with Crippen molar-refractivity contribution < 1.29 is 19.2 Å². The quantitative estimate of drug-likeness (QED) is 0.242. The van der Waals surface area contributed by atoms with Crippen LogP contribution in [0.5, 0.6) is 5.75 Å². The fourth-order valence-electron chi connectivity index (χ4n) is 4.33. The van der Waals surface area contributed by atoms with Gasteiger partial charge in [-0.15, -0.1) is 0 Å². The summed E-state index contributed by atoms with van der Waals surface area (Å²) in [5.74, 6) is 0.744. The summed E-state index contributed by atoms with van der Waals surface area (Å²) < 4.78 is 10.9. The van der Waals surface area contributed by atoms with Gasteiger partial charge in [-0.2, -0.15) is 4.98 Å². The van der Waals surface area contributed by atoms with Crippen molar-refractivity contribution in [1.29, 1.82) is 0 Å². The minimum atomic E-state index is -0.657. The number of anilines is 6. The van der Waals surface area contributed by atoms with Crippen LogP contribution in [0, 0.1) is 17.0 Å². The number of piperazine rings is 1. The highest BCUT2D eigenvalue weighted by Gasteiger charge is 2.24. The van der Waals surface area contributed by atoms with Crippen LogP contribution < -0.4 is 25.6 Å². The van der Waals surface area contributed by atoms with Gasteiger partial charge in [0.25, 0.3) is 0 Å². The van der Waals surface area contributed by atoms with Crippen LogP contribution in [0.15, 0.2) is 42.5 Å². The number of methoxy groups -OCH3 is 1. The molecule has 41 heavy (non-hydrogen) atoms. The molecule has 3 N–H and O–H groups in total. The SMILES string of the molecule is COc1cc(N2CCN(C)CC2)ccc1Nc1nc(C)c([N+](=O)[O-])c(Nc2cccc(NC(=O)OC(C)(C)C)c2)n1. The van der Waals surface area contributed by atoms with Crippen molar-refractivity contribution in [2.24, 2.45) is 0 Å². The third-order valence-electron chi connectivity index (χ3n) is 6.31. The number of amides is 1. The summed E-state index contributed by atoms with van der Waals surface area (Å²) in [5.41, 5.74) is 1.83. The van der Waals surface area contributed by atoms with Crippen molar-refractivity contribution >= 4 is 46.3 Å². The molecule has 3 aromatic rings. The molecule has 13 heteroatoms. The van der Waals surface area contributed by atoms with E-state index in [1.54, 1.807) is 59.1 Å². The van der Waals surface area contributed by atoms with Crippen LogP contribution in [0.25, 0.3) is 0 Å². The lowest BCUT2D eigenvalue weighted by Gasteiger charge is -2.34. The zero-order chi connectivity index (χ0) is 29.7. The lowest BCUT2D eigenvalue weighted by atomic mass is 10.2. The Balaban J connectivity index is 1.58. The first-order chi connectivity index (χ1) is 19.4. The van der Waals surface area contributed by atoms with Crippen molar-refractivity contribution in [2.75, 3.05) is 61.2 Å². The van der Waals surface area contributed by atoms with Gasteiger partial charge in [0.1, 0.15) is 17.0 Å². The van der Waals surface area contributed by atoms with E-state index < -0.39 is 16.6 Å². The van der Waals surface area contributed by atoms with Gasteiger partial charge in [0.05, 0.1) is 17.7 Å². The number of aryl methyl sites for hydroxylation is 1. The van der Waals surface area contributed by atoms with Gasteiger partial charge in [-0.25, -0.2) is 9.78 Å². The van der Waals surface area contributed by atoms with Crippen LogP contribution in [-0.2, 0) is 4.74 Å². The number of carbonyl (C=O) groups is 1. The summed E-state index contributed by atoms with van der Waals surface area (Å²) in [5, 5.41) is 20.7. The normalized spacial score (nSPS) is 13.9. The number of nitrogens with zero attached hydrogens (tertiary/aromatic N) is 5. The maximum atomic E-state index is 12.2. The smallest absolute Gasteiger partial charge is 0.412 e. The number of rotatable bonds is 8. The molecule has 1 amide bonds. The van der Waals surface area contributed by atoms with Gasteiger partial charge >= 0.3 is 11.8 Å². The average Bonchev–Trinajstić information content (AvgIpc) is 2.88. The van der Waals surface area contributed by atoms with Gasteiger partial charge in [-0.3, -0.25) is 15.4 Å². The molecular weight excluding hydrogens is 528 g/mol. The van der Waals surface area contributed by atoms with E-state index in [4.69, 9.17) is 9.47 Å². The maximum absolute atomic E-state index is 12.2. The largest absolute Gasteiger partial charge is 0.494 e. The van der Waals surface area contributed by atoms with Crippen LogP contribution in [0.1, 0.15) is 26.5 Å². The highest BCUT2D eigenvalue weighted by molar-refractivity contribution is 5.86. The number of nitrogens with one attached hydrogen (secondary N) is 3. The standard InChI is InChI=1S/C28H36N8O5/c1-18-24(36(38)39)25(30-19-8-7-9-20(16-19)31-27(37)41-28(2,3)4)33-26(29-18)32-22-11-10-21(17-23(22)40-6)35-14-12-34(5)13-15-35/h7-11,16-17H,12-15H2,1-6H3,(H,31,37)(H2,29,30,32,33). The number of likely N-dealkylation sites (N-methyl/N-ethyl adjacent to an activating group) is 1. The van der Waals surface area contributed by atoms with Gasteiger partial charge in [-0.1, -0.05) is 6.07 Å². The zero-order valence-electron chi connectivity index (χ0n) is 24.1. The lowest BCUT2D eigenvalue weighted by molar-refractivity contribution is -0.385. The third-order valence-corrected chi connectivity index (χ3v) is 6.31. The number of aromatic nitrogens is 2. The van der Waals surface area contributed by atoms with Gasteiger partial charge in [0, 0.05) is 49.3 Å². The fourth-order valence-corrected chi connectivity index (χ4v) is 4.33. The summed E-state index contributed by atoms with van der Waals surface area (Å²) in [6.07, 6.45) is -0.613. The Morgan fingerprint density at radius 1 is 1.02 bits per heavy atom. The van der Waals surface area contributed by atoms with Crippen LogP contribution >= 0.6 is 0 Å². The molecule has 1 aliphatic rings. The fraction of sp³-hybridized carbons (Fsp3) is 0.393. The van der Waals surface area contributed by atoms with E-state index in [2.05, 4.69) is 42.8 Å². The molecule has 0 bridgehead atoms. The topological polar surface area (TPSA) is 147 Å². The number of benzene rings is 2. The predicted octanol–water partition coefficient (Wildman–Crippen LogP) is 5.29. The molecule has 0 atom stereocenters. The second-order valence-corrected chi connectivity index (χ2v) is 10.7. The first-order valence-electron chi connectivity index (χ1n) is 13.2. The molecule has 0 radical (unpaired) electrons. The van der Waals surface area contributed by atoms with Gasteiger partial charge < -0.3 is 29.9 Å². The Kier molecular flexibility index (Phi) is 8.77. The second kappa shape index (κ2) is 12.3. The summed E-state index contributed by atoms with van der Waals surface area (Å²) in [4.78, 5) is 36.9. The summed E-state index contributed by atoms with van der Waals surface area (Å²) in [7, 11) is 3.69. The summed E-state index contributed by atoms with van der Waals surface area (Å²) in [6.45, 7) is 10.6. The Morgan fingerprint density at radius 3 is 2.39 bits per heavy atom. The molecule has 1 saturated heterocycles. The van der Waals surface area contributed by atoms with E-state index in [1.165, 1.54) is 0 Å². The zero-order valence-corrected chi connectivity index (χ0v) is 24.1. The highest BCUT2D eigenvalue weighted by atomic mass is 16.6. The number of hydrogen-bond donors (Lipinski definition) is 3. The molecule has 4 rings (SSSR count). The minimum Gasteiger partial charge on any atom is -0.494 e. The average molecular weight is 565 g/mol. The molecule has 2 aromatic carbocycles. The first kappa shape index (κ1) is 29.3. The van der Waals surface area contributed by atoms with Gasteiger partial charge in [0.2, 0.25) is 11.8 Å². The predicted molar refractivity (Wildman–Crippen MR) is 159 cm³/mol. The van der Waals surface area contributed by atoms with Crippen LogP contribution in [0.2, 0.25) is 0 Å². The van der Waals surface area contributed by atoms with E-state index in [0.29, 0.717) is 22.8 Å². The van der Waals surface area contributed by atoms with Crippen molar-refractivity contribution in [3.05, 3.63) is 58.3 Å². The molecule has 0 spiro atoms. The Morgan fingerprint density at radius 2 is 1.73 bits per heavy atom. The van der Waals surface area contributed by atoms with E-state index in [-0.39, 0.29) is 23.1 Å². The summed E-state index contributed by atoms with van der Waals surface area (Å²) in [6, 6.07) is 12.5. The number of nitro groups is 1. The van der Waals surface area contributed by atoms with Crippen LogP contribution in [0.3, 0.4) is 0 Å². The Bertz CT molecular complexity index is 1420. The van der Waals surface area contributed by atoms with Crippen molar-refractivity contribution in [1.82, 2.24) is 14.9 Å². The Hall–Kier alpha value is -4.65. The third kappa shape index (κ3) is 7.72. The molecule has 13 nitrogen and oxygen atoms in total. The second-order valence-electron chi connectivity index (χ2n) is 10.7. The minimum absolute atomic E-state index is 0.00700. The molecule has 0 saturated carbocycles. The van der Waals surface area contributed by atoms with Crippen molar-refractivity contribution in [3.63, 3.8) is 0 Å². The summed E-state index contributed by atoms with van der Waals surface area (Å²) >= 11 is 0. The van der Waals surface area contributed by atoms with Gasteiger partial charge in [-0.05, 0) is 65.1 Å². The Labute approximate surface area is 239 Å². The molecular formula is C28H36N8O5. The lowest BCUT2D eigenvalue weighted by Crippen LogP contribution is -2.44. The van der Waals surface area contributed by atoms with Crippen molar-refractivity contribution in [3.8, 4) is 5.75 Å². The van der Waals surface area contributed by atoms with Crippen LogP contribution in [-0.4, -0.2) is 71.8 Å². The van der Waals surface area contributed by atoms with Gasteiger partial charge in [0.15, 0.2) is 0 Å². The molecule has 1 aliphatic heterocycles. The van der Waals surface area contributed by atoms with Crippen LogP contribution in [0.4, 0.5) is 45.0 Å². The number of carbonyl (C=O) groups excluding carboxylic acids is 1. The van der Waals surface area contributed by atoms with E-state index in [0.717, 1.165) is 31.9 Å². The number of ether oxygens (including phenoxy) is 2. The number of hydrogen-bond acceptors (Lipinski definition) is 11. The van der Waals surface area contributed by atoms with E-state index in [1.807, 2.05) is 18.2 Å². The molecule has 0 aliphatic carbocycles. The molecule has 0 unspecified atom stereocenters. The highest BCUT2D eigenvalue weighted by Crippen LogP contribution is 2.34. The van der Waals surface area contributed by atoms with E-state index in [9.17, 15) is 14.9 Å². The van der Waals surface area contributed by atoms with Crippen molar-refractivity contribution in [2.45, 2.75) is 33.3 Å². The molecule has 2 heterocycles. The molecule has 1 aromatic heterocycles. The van der Waals surface area contributed by atoms with E-state index >= 15 is 0 Å².